The Morgan fingerprint density at radius 3 is 2.79 bits per heavy atom. The first-order valence-corrected chi connectivity index (χ1v) is 7.23. The molecule has 1 fully saturated rings. The van der Waals surface area contributed by atoms with Gasteiger partial charge in [-0.05, 0) is 43.9 Å². The zero-order chi connectivity index (χ0) is 13.9. The Hall–Kier alpha value is -1.35. The molecular formula is C16H24N2O. The van der Waals surface area contributed by atoms with E-state index in [2.05, 4.69) is 49.6 Å². The van der Waals surface area contributed by atoms with Crippen LogP contribution in [0.2, 0.25) is 0 Å². The van der Waals surface area contributed by atoms with Crippen molar-refractivity contribution < 1.29 is 4.79 Å². The van der Waals surface area contributed by atoms with Gasteiger partial charge >= 0.3 is 0 Å². The van der Waals surface area contributed by atoms with Gasteiger partial charge in [-0.15, -0.1) is 0 Å². The first-order chi connectivity index (χ1) is 9.13. The number of nitrogens with one attached hydrogen (secondary N) is 2. The summed E-state index contributed by atoms with van der Waals surface area (Å²) in [6, 6.07) is 6.20. The van der Waals surface area contributed by atoms with Gasteiger partial charge in [-0.1, -0.05) is 32.0 Å². The molecule has 2 N–H and O–H groups in total. The van der Waals surface area contributed by atoms with Crippen LogP contribution in [-0.2, 0) is 11.2 Å². The number of anilines is 1. The molecule has 1 unspecified atom stereocenters. The van der Waals surface area contributed by atoms with Gasteiger partial charge in [-0.25, -0.2) is 0 Å². The van der Waals surface area contributed by atoms with Crippen molar-refractivity contribution in [1.29, 1.82) is 0 Å². The first kappa shape index (κ1) is 14.1. The Balaban J connectivity index is 2.23. The fourth-order valence-corrected chi connectivity index (χ4v) is 2.85. The summed E-state index contributed by atoms with van der Waals surface area (Å²) in [7, 11) is 0. The van der Waals surface area contributed by atoms with Crippen LogP contribution in [0.1, 0.15) is 37.8 Å². The standard InChI is InChI=1S/C16H24N2O/c1-4-13-8-6-7-12(3)14(13)18-15(19)16(5-2)9-10-17-11-16/h6-8,17H,4-5,9-11H2,1-3H3,(H,18,19). The normalized spacial score (nSPS) is 22.5. The molecule has 1 aliphatic rings. The lowest BCUT2D eigenvalue weighted by Gasteiger charge is -2.26. The topological polar surface area (TPSA) is 41.1 Å². The molecule has 3 nitrogen and oxygen atoms in total. The third-order valence-electron chi connectivity index (χ3n) is 4.38. The van der Waals surface area contributed by atoms with Crippen molar-refractivity contribution in [1.82, 2.24) is 5.32 Å². The van der Waals surface area contributed by atoms with Crippen molar-refractivity contribution in [2.75, 3.05) is 18.4 Å². The molecule has 0 spiro atoms. The Kier molecular flexibility index (Phi) is 4.25. The fraction of sp³-hybridized carbons (Fsp3) is 0.562. The molecule has 19 heavy (non-hydrogen) atoms. The zero-order valence-corrected chi connectivity index (χ0v) is 12.2. The van der Waals surface area contributed by atoms with Gasteiger partial charge in [0.15, 0.2) is 0 Å². The maximum Gasteiger partial charge on any atom is 0.231 e. The molecule has 1 amide bonds. The number of aryl methyl sites for hydroxylation is 2. The molecule has 0 aromatic heterocycles. The van der Waals surface area contributed by atoms with Crippen molar-refractivity contribution in [2.24, 2.45) is 5.41 Å². The molecule has 1 aliphatic heterocycles. The van der Waals surface area contributed by atoms with E-state index in [4.69, 9.17) is 0 Å². The molecule has 1 aromatic carbocycles. The molecule has 0 aliphatic carbocycles. The lowest BCUT2D eigenvalue weighted by molar-refractivity contribution is -0.124. The molecule has 0 bridgehead atoms. The highest BCUT2D eigenvalue weighted by molar-refractivity contribution is 5.97. The van der Waals surface area contributed by atoms with E-state index in [0.29, 0.717) is 0 Å². The largest absolute Gasteiger partial charge is 0.325 e. The maximum atomic E-state index is 12.6. The van der Waals surface area contributed by atoms with E-state index in [1.807, 2.05) is 0 Å². The molecule has 104 valence electrons. The van der Waals surface area contributed by atoms with Crippen molar-refractivity contribution in [2.45, 2.75) is 40.0 Å². The van der Waals surface area contributed by atoms with Crippen molar-refractivity contribution in [3.63, 3.8) is 0 Å². The van der Waals surface area contributed by atoms with Gasteiger partial charge in [0.25, 0.3) is 0 Å². The van der Waals surface area contributed by atoms with Gasteiger partial charge in [0, 0.05) is 12.2 Å². The predicted octanol–water partition coefficient (Wildman–Crippen LogP) is 2.89. The van der Waals surface area contributed by atoms with Gasteiger partial charge in [-0.3, -0.25) is 4.79 Å². The summed E-state index contributed by atoms with van der Waals surface area (Å²) in [5.41, 5.74) is 3.14. The molecule has 0 saturated carbocycles. The second-order valence-corrected chi connectivity index (χ2v) is 5.48. The third kappa shape index (κ3) is 2.66. The lowest BCUT2D eigenvalue weighted by Crippen LogP contribution is -2.38. The van der Waals surface area contributed by atoms with Crippen LogP contribution in [0.4, 0.5) is 5.69 Å². The molecule has 1 atom stereocenters. The van der Waals surface area contributed by atoms with Gasteiger partial charge in [0.05, 0.1) is 5.41 Å². The second-order valence-electron chi connectivity index (χ2n) is 5.48. The summed E-state index contributed by atoms with van der Waals surface area (Å²) >= 11 is 0. The van der Waals surface area contributed by atoms with E-state index in [1.165, 1.54) is 5.56 Å². The number of benzene rings is 1. The quantitative estimate of drug-likeness (QED) is 0.874. The second kappa shape index (κ2) is 5.74. The van der Waals surface area contributed by atoms with E-state index in [1.54, 1.807) is 0 Å². The van der Waals surface area contributed by atoms with Crippen LogP contribution in [0.5, 0.6) is 0 Å². The average molecular weight is 260 g/mol. The summed E-state index contributed by atoms with van der Waals surface area (Å²) in [6.45, 7) is 8.01. The molecule has 1 saturated heterocycles. The van der Waals surface area contributed by atoms with E-state index < -0.39 is 0 Å². The van der Waals surface area contributed by atoms with Gasteiger partial charge < -0.3 is 10.6 Å². The Morgan fingerprint density at radius 2 is 2.21 bits per heavy atom. The molecule has 0 radical (unpaired) electrons. The highest BCUT2D eigenvalue weighted by atomic mass is 16.2. The van der Waals surface area contributed by atoms with Crippen LogP contribution in [-0.4, -0.2) is 19.0 Å². The van der Waals surface area contributed by atoms with Gasteiger partial charge in [0.1, 0.15) is 0 Å². The van der Waals surface area contributed by atoms with E-state index in [0.717, 1.165) is 43.6 Å². The van der Waals surface area contributed by atoms with Crippen LogP contribution in [0.3, 0.4) is 0 Å². The minimum Gasteiger partial charge on any atom is -0.325 e. The fourth-order valence-electron chi connectivity index (χ4n) is 2.85. The summed E-state index contributed by atoms with van der Waals surface area (Å²) in [5.74, 6) is 0.170. The Morgan fingerprint density at radius 1 is 1.42 bits per heavy atom. The van der Waals surface area contributed by atoms with Crippen LogP contribution in [0.15, 0.2) is 18.2 Å². The Bertz CT molecular complexity index is 462. The smallest absolute Gasteiger partial charge is 0.231 e. The number of carbonyl (C=O) groups excluding carboxylic acids is 1. The number of hydrogen-bond donors (Lipinski definition) is 2. The number of rotatable bonds is 4. The molecule has 2 rings (SSSR count). The summed E-state index contributed by atoms with van der Waals surface area (Å²) < 4.78 is 0. The van der Waals surface area contributed by atoms with Crippen LogP contribution < -0.4 is 10.6 Å². The van der Waals surface area contributed by atoms with Crippen molar-refractivity contribution in [3.8, 4) is 0 Å². The summed E-state index contributed by atoms with van der Waals surface area (Å²) in [5, 5.41) is 6.50. The van der Waals surface area contributed by atoms with E-state index in [-0.39, 0.29) is 11.3 Å². The van der Waals surface area contributed by atoms with Crippen molar-refractivity contribution >= 4 is 11.6 Å². The van der Waals surface area contributed by atoms with E-state index >= 15 is 0 Å². The summed E-state index contributed by atoms with van der Waals surface area (Å²) in [6.07, 6.45) is 2.76. The highest BCUT2D eigenvalue weighted by Crippen LogP contribution is 2.32. The third-order valence-corrected chi connectivity index (χ3v) is 4.38. The lowest BCUT2D eigenvalue weighted by atomic mass is 9.83. The maximum absolute atomic E-state index is 12.6. The molecule has 1 aromatic rings. The molecule has 1 heterocycles. The summed E-state index contributed by atoms with van der Waals surface area (Å²) in [4.78, 5) is 12.6. The van der Waals surface area contributed by atoms with Crippen LogP contribution in [0, 0.1) is 12.3 Å². The molecule has 3 heteroatoms. The number of amides is 1. The monoisotopic (exact) mass is 260 g/mol. The van der Waals surface area contributed by atoms with Crippen LogP contribution in [0.25, 0.3) is 0 Å². The zero-order valence-electron chi connectivity index (χ0n) is 12.2. The SMILES string of the molecule is CCc1cccc(C)c1NC(=O)C1(CC)CCNC1. The number of carbonyl (C=O) groups is 1. The first-order valence-electron chi connectivity index (χ1n) is 7.23. The predicted molar refractivity (Wildman–Crippen MR) is 79.4 cm³/mol. The minimum absolute atomic E-state index is 0.170. The number of hydrogen-bond acceptors (Lipinski definition) is 2. The van der Waals surface area contributed by atoms with E-state index in [9.17, 15) is 4.79 Å². The minimum atomic E-state index is -0.229. The Labute approximate surface area is 115 Å². The highest BCUT2D eigenvalue weighted by Gasteiger charge is 2.39. The molecular weight excluding hydrogens is 236 g/mol. The number of para-hydroxylation sites is 1. The van der Waals surface area contributed by atoms with Crippen LogP contribution >= 0.6 is 0 Å². The van der Waals surface area contributed by atoms with Gasteiger partial charge in [-0.2, -0.15) is 0 Å². The average Bonchev–Trinajstić information content (AvgIpc) is 2.91. The van der Waals surface area contributed by atoms with Crippen molar-refractivity contribution in [3.05, 3.63) is 29.3 Å². The van der Waals surface area contributed by atoms with Gasteiger partial charge in [0.2, 0.25) is 5.91 Å².